The molecule has 14 heavy (non-hydrogen) atoms. The summed E-state index contributed by atoms with van der Waals surface area (Å²) in [7, 11) is 1.86. The van der Waals surface area contributed by atoms with Crippen molar-refractivity contribution in [3.05, 3.63) is 0 Å². The number of aliphatic hydroxyl groups is 1. The van der Waals surface area contributed by atoms with Gasteiger partial charge in [0.05, 0.1) is 26.0 Å². The maximum atomic E-state index is 8.51. The van der Waals surface area contributed by atoms with Crippen molar-refractivity contribution in [2.45, 2.75) is 18.6 Å². The molecule has 6 heteroatoms. The fourth-order valence-corrected chi connectivity index (χ4v) is 1.37. The standard InChI is InChI=1S/C8H21N3O2S/c1-7(10-2)11(8(9)14)3-5-13-6-4-12/h7-8,10,12,14H,3-6,9H2,1-2H3. The van der Waals surface area contributed by atoms with Gasteiger partial charge < -0.3 is 20.9 Å². The summed E-state index contributed by atoms with van der Waals surface area (Å²) in [5.74, 6) is 0. The molecule has 2 unspecified atom stereocenters. The van der Waals surface area contributed by atoms with Crippen molar-refractivity contribution in [3.8, 4) is 0 Å². The predicted molar refractivity (Wildman–Crippen MR) is 60.1 cm³/mol. The highest BCUT2D eigenvalue weighted by molar-refractivity contribution is 7.80. The maximum absolute atomic E-state index is 8.51. The van der Waals surface area contributed by atoms with Crippen LogP contribution in [0.3, 0.4) is 0 Å². The van der Waals surface area contributed by atoms with Gasteiger partial charge in [-0.25, -0.2) is 0 Å². The molecule has 0 amide bonds. The van der Waals surface area contributed by atoms with Crippen LogP contribution in [0.5, 0.6) is 0 Å². The molecule has 4 N–H and O–H groups in total. The Morgan fingerprint density at radius 3 is 2.64 bits per heavy atom. The predicted octanol–water partition coefficient (Wildman–Crippen LogP) is -0.965. The van der Waals surface area contributed by atoms with Crippen molar-refractivity contribution in [3.63, 3.8) is 0 Å². The van der Waals surface area contributed by atoms with E-state index in [0.717, 1.165) is 0 Å². The Kier molecular flexibility index (Phi) is 8.55. The second kappa shape index (κ2) is 8.46. The second-order valence-electron chi connectivity index (χ2n) is 2.95. The Labute approximate surface area is 91.0 Å². The van der Waals surface area contributed by atoms with Gasteiger partial charge in [0.25, 0.3) is 0 Å². The Balaban J connectivity index is 3.74. The van der Waals surface area contributed by atoms with Crippen molar-refractivity contribution >= 4 is 12.6 Å². The molecule has 2 atom stereocenters. The van der Waals surface area contributed by atoms with E-state index in [1.165, 1.54) is 0 Å². The molecule has 0 rings (SSSR count). The van der Waals surface area contributed by atoms with E-state index in [0.29, 0.717) is 19.8 Å². The molecule has 0 aromatic carbocycles. The van der Waals surface area contributed by atoms with Crippen LogP contribution in [0.1, 0.15) is 6.92 Å². The number of nitrogens with zero attached hydrogens (tertiary/aromatic N) is 1. The first-order valence-electron chi connectivity index (χ1n) is 4.68. The van der Waals surface area contributed by atoms with Crippen LogP contribution in [-0.4, -0.2) is 55.1 Å². The molecule has 0 heterocycles. The highest BCUT2D eigenvalue weighted by atomic mass is 32.1. The molecule has 0 aliphatic rings. The number of aliphatic hydroxyl groups excluding tert-OH is 1. The van der Waals surface area contributed by atoms with Crippen molar-refractivity contribution in [2.24, 2.45) is 5.73 Å². The zero-order chi connectivity index (χ0) is 11.0. The summed E-state index contributed by atoms with van der Waals surface area (Å²) in [4.78, 5) is 1.96. The molecule has 0 saturated heterocycles. The summed E-state index contributed by atoms with van der Waals surface area (Å²) in [6.45, 7) is 3.65. The third kappa shape index (κ3) is 5.79. The van der Waals surface area contributed by atoms with Crippen LogP contribution in [0.15, 0.2) is 0 Å². The number of hydrogen-bond donors (Lipinski definition) is 4. The molecule has 0 fully saturated rings. The van der Waals surface area contributed by atoms with Crippen molar-refractivity contribution < 1.29 is 9.84 Å². The number of rotatable bonds is 8. The van der Waals surface area contributed by atoms with Gasteiger partial charge in [-0.1, -0.05) is 0 Å². The van der Waals surface area contributed by atoms with Crippen molar-refractivity contribution in [1.29, 1.82) is 0 Å². The quantitative estimate of drug-likeness (QED) is 0.242. The topological polar surface area (TPSA) is 70.8 Å². The molecule has 86 valence electrons. The molecular weight excluding hydrogens is 202 g/mol. The Morgan fingerprint density at radius 1 is 1.57 bits per heavy atom. The summed E-state index contributed by atoms with van der Waals surface area (Å²) < 4.78 is 5.15. The van der Waals surface area contributed by atoms with Gasteiger partial charge in [0, 0.05) is 6.54 Å². The van der Waals surface area contributed by atoms with Crippen LogP contribution in [0.4, 0.5) is 0 Å². The molecule has 5 nitrogen and oxygen atoms in total. The van der Waals surface area contributed by atoms with Gasteiger partial charge >= 0.3 is 0 Å². The lowest BCUT2D eigenvalue weighted by Crippen LogP contribution is -2.50. The normalized spacial score (nSPS) is 15.9. The van der Waals surface area contributed by atoms with Gasteiger partial charge in [0.15, 0.2) is 0 Å². The van der Waals surface area contributed by atoms with Gasteiger partial charge in [-0.3, -0.25) is 4.90 Å². The summed E-state index contributed by atoms with van der Waals surface area (Å²) in [6.07, 6.45) is 0.153. The van der Waals surface area contributed by atoms with Gasteiger partial charge in [-0.15, -0.1) is 12.6 Å². The van der Waals surface area contributed by atoms with Crippen molar-refractivity contribution in [2.75, 3.05) is 33.4 Å². The summed E-state index contributed by atoms with van der Waals surface area (Å²) in [6, 6.07) is 0. The monoisotopic (exact) mass is 223 g/mol. The first kappa shape index (κ1) is 14.2. The van der Waals surface area contributed by atoms with Crippen LogP contribution in [0.2, 0.25) is 0 Å². The largest absolute Gasteiger partial charge is 0.394 e. The molecule has 0 bridgehead atoms. The Bertz CT molecular complexity index is 138. The average molecular weight is 223 g/mol. The fraction of sp³-hybridized carbons (Fsp3) is 1.00. The van der Waals surface area contributed by atoms with Crippen LogP contribution in [0.25, 0.3) is 0 Å². The summed E-state index contributed by atoms with van der Waals surface area (Å²) >= 11 is 4.17. The van der Waals surface area contributed by atoms with E-state index in [4.69, 9.17) is 15.6 Å². The Hall–Kier alpha value is 0.150. The zero-order valence-electron chi connectivity index (χ0n) is 8.81. The molecule has 0 saturated carbocycles. The lowest BCUT2D eigenvalue weighted by molar-refractivity contribution is 0.0585. The molecule has 0 aromatic heterocycles. The minimum absolute atomic E-state index is 0.0501. The van der Waals surface area contributed by atoms with E-state index in [2.05, 4.69) is 17.9 Å². The SMILES string of the molecule is CNC(C)N(CCOCCO)C(N)S. The summed E-state index contributed by atoms with van der Waals surface area (Å²) in [5.41, 5.74) is 5.36. The third-order valence-electron chi connectivity index (χ3n) is 1.98. The van der Waals surface area contributed by atoms with Gasteiger partial charge in [-0.05, 0) is 14.0 Å². The minimum Gasteiger partial charge on any atom is -0.394 e. The Morgan fingerprint density at radius 2 is 2.21 bits per heavy atom. The average Bonchev–Trinajstić information content (AvgIpc) is 2.16. The van der Waals surface area contributed by atoms with E-state index >= 15 is 0 Å². The van der Waals surface area contributed by atoms with Gasteiger partial charge in [0.1, 0.15) is 5.50 Å². The number of thiol groups is 1. The first-order valence-corrected chi connectivity index (χ1v) is 5.20. The number of nitrogens with one attached hydrogen (secondary N) is 1. The van der Waals surface area contributed by atoms with E-state index in [9.17, 15) is 0 Å². The van der Waals surface area contributed by atoms with Gasteiger partial charge in [-0.2, -0.15) is 0 Å². The fourth-order valence-electron chi connectivity index (χ4n) is 1.06. The smallest absolute Gasteiger partial charge is 0.104 e. The lowest BCUT2D eigenvalue weighted by Gasteiger charge is -2.31. The van der Waals surface area contributed by atoms with Gasteiger partial charge in [0.2, 0.25) is 0 Å². The highest BCUT2D eigenvalue weighted by Gasteiger charge is 2.15. The first-order chi connectivity index (χ1) is 6.63. The molecule has 0 radical (unpaired) electrons. The van der Waals surface area contributed by atoms with E-state index in [1.54, 1.807) is 0 Å². The third-order valence-corrected chi connectivity index (χ3v) is 2.28. The van der Waals surface area contributed by atoms with E-state index in [1.807, 2.05) is 18.9 Å². The van der Waals surface area contributed by atoms with E-state index < -0.39 is 0 Å². The molecule has 0 aromatic rings. The molecule has 0 spiro atoms. The van der Waals surface area contributed by atoms with Crippen LogP contribution < -0.4 is 11.1 Å². The number of nitrogens with two attached hydrogens (primary N) is 1. The number of hydrogen-bond acceptors (Lipinski definition) is 6. The molecule has 0 aliphatic carbocycles. The summed E-state index contributed by atoms with van der Waals surface area (Å²) in [5, 5.41) is 11.6. The minimum atomic E-state index is -0.310. The maximum Gasteiger partial charge on any atom is 0.104 e. The zero-order valence-corrected chi connectivity index (χ0v) is 9.70. The number of ether oxygens (including phenoxy) is 1. The van der Waals surface area contributed by atoms with Crippen molar-refractivity contribution in [1.82, 2.24) is 10.2 Å². The van der Waals surface area contributed by atoms with E-state index in [-0.39, 0.29) is 18.3 Å². The molecular formula is C8H21N3O2S. The second-order valence-corrected chi connectivity index (χ2v) is 3.48. The highest BCUT2D eigenvalue weighted by Crippen LogP contribution is 2.01. The van der Waals surface area contributed by atoms with Crippen LogP contribution >= 0.6 is 12.6 Å². The van der Waals surface area contributed by atoms with Crippen LogP contribution in [-0.2, 0) is 4.74 Å². The molecule has 0 aliphatic heterocycles. The van der Waals surface area contributed by atoms with Crippen LogP contribution in [0, 0.1) is 0 Å². The lowest BCUT2D eigenvalue weighted by atomic mass is 10.4.